The van der Waals surface area contributed by atoms with Crippen molar-refractivity contribution in [1.82, 2.24) is 9.66 Å². The zero-order valence-corrected chi connectivity index (χ0v) is 18.9. The monoisotopic (exact) mass is 501 g/mol. The maximum atomic E-state index is 13.2. The number of hydrogen-bond acceptors (Lipinski definition) is 7. The van der Waals surface area contributed by atoms with E-state index in [1.165, 1.54) is 29.1 Å². The number of primary amides is 1. The molecule has 11 heteroatoms. The van der Waals surface area contributed by atoms with Crippen molar-refractivity contribution in [2.45, 2.75) is 26.2 Å². The van der Waals surface area contributed by atoms with Crippen LogP contribution in [0.2, 0.25) is 0 Å². The van der Waals surface area contributed by atoms with Gasteiger partial charge in [-0.15, -0.1) is 0 Å². The highest BCUT2D eigenvalue weighted by Crippen LogP contribution is 2.24. The second-order valence-corrected chi connectivity index (χ2v) is 7.95. The van der Waals surface area contributed by atoms with Crippen LogP contribution in [0, 0.1) is 10.1 Å². The number of ether oxygens (including phenoxy) is 1. The Bertz CT molecular complexity index is 1290. The number of carbonyl (C=O) groups excluding carboxylic acids is 1. The van der Waals surface area contributed by atoms with E-state index in [4.69, 9.17) is 10.5 Å². The zero-order valence-electron chi connectivity index (χ0n) is 17.3. The highest BCUT2D eigenvalue weighted by atomic mass is 79.9. The van der Waals surface area contributed by atoms with Crippen LogP contribution in [0.25, 0.3) is 10.9 Å². The smallest absolute Gasteiger partial charge is 0.282 e. The first-order chi connectivity index (χ1) is 15.2. The van der Waals surface area contributed by atoms with Crippen molar-refractivity contribution >= 4 is 44.6 Å². The molecule has 2 aromatic carbocycles. The van der Waals surface area contributed by atoms with Gasteiger partial charge in [-0.05, 0) is 30.7 Å². The molecule has 0 fully saturated rings. The van der Waals surface area contributed by atoms with Gasteiger partial charge in [0.05, 0.1) is 22.0 Å². The van der Waals surface area contributed by atoms with Crippen LogP contribution < -0.4 is 16.0 Å². The third-order valence-corrected chi connectivity index (χ3v) is 5.27. The molecule has 0 radical (unpaired) electrons. The van der Waals surface area contributed by atoms with Gasteiger partial charge < -0.3 is 10.5 Å². The van der Waals surface area contributed by atoms with Crippen molar-refractivity contribution in [2.75, 3.05) is 6.61 Å². The first kappa shape index (κ1) is 23.1. The Balaban J connectivity index is 2.17. The summed E-state index contributed by atoms with van der Waals surface area (Å²) < 4.78 is 7.24. The van der Waals surface area contributed by atoms with Crippen molar-refractivity contribution < 1.29 is 14.5 Å². The largest absolute Gasteiger partial charge is 0.483 e. The molecule has 1 atom stereocenters. The van der Waals surface area contributed by atoms with Gasteiger partial charge in [-0.1, -0.05) is 29.8 Å². The number of amides is 1. The molecule has 0 aliphatic carbocycles. The van der Waals surface area contributed by atoms with Crippen LogP contribution in [0.4, 0.5) is 5.69 Å². The van der Waals surface area contributed by atoms with Crippen LogP contribution in [-0.2, 0) is 4.79 Å². The van der Waals surface area contributed by atoms with Gasteiger partial charge in [0.25, 0.3) is 17.2 Å². The molecule has 1 heterocycles. The van der Waals surface area contributed by atoms with Crippen LogP contribution in [0.5, 0.6) is 5.75 Å². The summed E-state index contributed by atoms with van der Waals surface area (Å²) in [5.41, 5.74) is 5.29. The molecular formula is C21H20BrN5O5. The Morgan fingerprint density at radius 2 is 2.12 bits per heavy atom. The molecule has 0 unspecified atom stereocenters. The number of benzene rings is 2. The third-order valence-electron chi connectivity index (χ3n) is 4.77. The highest BCUT2D eigenvalue weighted by Gasteiger charge is 2.17. The number of carbonyl (C=O) groups is 1. The maximum absolute atomic E-state index is 13.2. The molecule has 10 nitrogen and oxygen atoms in total. The molecule has 0 aliphatic rings. The van der Waals surface area contributed by atoms with E-state index in [2.05, 4.69) is 26.0 Å². The molecule has 1 amide bonds. The van der Waals surface area contributed by atoms with Crippen molar-refractivity contribution in [3.05, 3.63) is 72.7 Å². The highest BCUT2D eigenvalue weighted by molar-refractivity contribution is 9.10. The molecule has 0 spiro atoms. The second kappa shape index (κ2) is 9.69. The van der Waals surface area contributed by atoms with Crippen LogP contribution in [-0.4, -0.2) is 33.3 Å². The Morgan fingerprint density at radius 1 is 1.38 bits per heavy atom. The number of fused-ring (bicyclic) bond motifs is 1. The summed E-state index contributed by atoms with van der Waals surface area (Å²) >= 11 is 3.36. The number of nitro benzene ring substituents is 1. The van der Waals surface area contributed by atoms with Crippen LogP contribution >= 0.6 is 15.9 Å². The molecule has 0 saturated carbocycles. The quantitative estimate of drug-likeness (QED) is 0.284. The molecule has 0 bridgehead atoms. The molecule has 166 valence electrons. The zero-order chi connectivity index (χ0) is 23.4. The maximum Gasteiger partial charge on any atom is 0.282 e. The molecule has 3 rings (SSSR count). The number of nitrogens with two attached hydrogens (primary N) is 1. The first-order valence-corrected chi connectivity index (χ1v) is 10.5. The summed E-state index contributed by atoms with van der Waals surface area (Å²) in [5, 5.41) is 15.9. The number of nitrogens with zero attached hydrogens (tertiary/aromatic N) is 4. The predicted octanol–water partition coefficient (Wildman–Crippen LogP) is 3.33. The Morgan fingerprint density at radius 3 is 2.78 bits per heavy atom. The van der Waals surface area contributed by atoms with Gasteiger partial charge in [-0.2, -0.15) is 9.78 Å². The lowest BCUT2D eigenvalue weighted by Crippen LogP contribution is -2.24. The summed E-state index contributed by atoms with van der Waals surface area (Å²) in [7, 11) is 0. The van der Waals surface area contributed by atoms with Gasteiger partial charge in [0.2, 0.25) is 0 Å². The van der Waals surface area contributed by atoms with E-state index >= 15 is 0 Å². The van der Waals surface area contributed by atoms with Gasteiger partial charge in [0.15, 0.2) is 6.61 Å². The number of hydrogen-bond donors (Lipinski definition) is 1. The average molecular weight is 502 g/mol. The first-order valence-electron chi connectivity index (χ1n) is 9.67. The summed E-state index contributed by atoms with van der Waals surface area (Å²) in [6.45, 7) is 3.47. The number of nitro groups is 1. The number of rotatable bonds is 8. The van der Waals surface area contributed by atoms with Crippen LogP contribution in [0.15, 0.2) is 50.8 Å². The minimum atomic E-state index is -0.703. The van der Waals surface area contributed by atoms with Gasteiger partial charge in [0.1, 0.15) is 11.6 Å². The van der Waals surface area contributed by atoms with E-state index in [-0.39, 0.29) is 28.5 Å². The second-order valence-electron chi connectivity index (χ2n) is 7.04. The normalized spacial score (nSPS) is 12.2. The molecule has 2 N–H and O–H groups in total. The molecular weight excluding hydrogens is 482 g/mol. The molecule has 32 heavy (non-hydrogen) atoms. The summed E-state index contributed by atoms with van der Waals surface area (Å²) in [5.74, 6) is -0.171. The van der Waals surface area contributed by atoms with Gasteiger partial charge in [-0.25, -0.2) is 4.98 Å². The average Bonchev–Trinajstić information content (AvgIpc) is 2.76. The lowest BCUT2D eigenvalue weighted by Gasteiger charge is -2.14. The van der Waals surface area contributed by atoms with E-state index in [0.29, 0.717) is 23.1 Å². The van der Waals surface area contributed by atoms with Crippen molar-refractivity contribution in [2.24, 2.45) is 10.8 Å². The topological polar surface area (TPSA) is 143 Å². The lowest BCUT2D eigenvalue weighted by atomic mass is 10.1. The Labute approximate surface area is 191 Å². The molecule has 3 aromatic rings. The predicted molar refractivity (Wildman–Crippen MR) is 123 cm³/mol. The van der Waals surface area contributed by atoms with E-state index in [0.717, 1.165) is 4.47 Å². The third kappa shape index (κ3) is 4.99. The van der Waals surface area contributed by atoms with E-state index < -0.39 is 17.4 Å². The minimum Gasteiger partial charge on any atom is -0.483 e. The number of non-ortho nitro benzene ring substituents is 1. The molecule has 0 saturated heterocycles. The summed E-state index contributed by atoms with van der Waals surface area (Å²) in [4.78, 5) is 39.5. The van der Waals surface area contributed by atoms with Gasteiger partial charge in [0, 0.05) is 28.1 Å². The fraction of sp³-hybridized carbons (Fsp3) is 0.238. The van der Waals surface area contributed by atoms with Crippen molar-refractivity contribution in [1.29, 1.82) is 0 Å². The Kier molecular flexibility index (Phi) is 6.98. The fourth-order valence-corrected chi connectivity index (χ4v) is 3.29. The summed E-state index contributed by atoms with van der Waals surface area (Å²) in [6.07, 6.45) is 1.98. The number of aromatic nitrogens is 2. The van der Waals surface area contributed by atoms with Crippen molar-refractivity contribution in [3.63, 3.8) is 0 Å². The Hall–Kier alpha value is -3.60. The fourth-order valence-electron chi connectivity index (χ4n) is 2.93. The SMILES string of the molecule is CC[C@@H](C)c1nc2ccc(Br)cc2c(=O)n1N=Cc1cc([N+](=O)[O-])ccc1OCC(N)=O. The minimum absolute atomic E-state index is 0.0800. The molecule has 0 aliphatic heterocycles. The van der Waals surface area contributed by atoms with E-state index in [1.807, 2.05) is 13.8 Å². The standard InChI is InChI=1S/C21H20BrN5O5/c1-3-12(2)20-25-17-6-4-14(22)9-16(17)21(29)26(20)24-10-13-8-15(27(30)31)5-7-18(13)32-11-19(23)28/h4-10,12H,3,11H2,1-2H3,(H2,23,28)/t12-/m1/s1. The summed E-state index contributed by atoms with van der Waals surface area (Å²) in [6, 6.07) is 9.02. The van der Waals surface area contributed by atoms with Gasteiger partial charge >= 0.3 is 0 Å². The lowest BCUT2D eigenvalue weighted by molar-refractivity contribution is -0.384. The van der Waals surface area contributed by atoms with Crippen LogP contribution in [0.1, 0.15) is 37.6 Å². The van der Waals surface area contributed by atoms with Crippen LogP contribution in [0.3, 0.4) is 0 Å². The molecule has 1 aromatic heterocycles. The number of halogens is 1. The van der Waals surface area contributed by atoms with E-state index in [1.54, 1.807) is 18.2 Å². The van der Waals surface area contributed by atoms with Gasteiger partial charge in [-0.3, -0.25) is 19.7 Å². The van der Waals surface area contributed by atoms with Crippen molar-refractivity contribution in [3.8, 4) is 5.75 Å². The van der Waals surface area contributed by atoms with E-state index in [9.17, 15) is 19.7 Å².